The van der Waals surface area contributed by atoms with E-state index >= 15 is 0 Å². The van der Waals surface area contributed by atoms with Crippen LogP contribution >= 0.6 is 0 Å². The smallest absolute Gasteiger partial charge is 0.473 e. The van der Waals surface area contributed by atoms with E-state index in [1.807, 2.05) is 0 Å². The number of nitrogens with two attached hydrogens (primary N) is 2. The zero-order valence-electron chi connectivity index (χ0n) is 17.2. The van der Waals surface area contributed by atoms with Gasteiger partial charge < -0.3 is 21.7 Å². The van der Waals surface area contributed by atoms with Crippen LogP contribution in [0.1, 0.15) is 39.2 Å². The van der Waals surface area contributed by atoms with Crippen LogP contribution in [0.5, 0.6) is 0 Å². The zero-order valence-corrected chi connectivity index (χ0v) is 9.45. The molecule has 0 aromatic carbocycles. The zero-order chi connectivity index (χ0) is 20.2. The molecule has 1 aliphatic rings. The van der Waals surface area contributed by atoms with E-state index in [1.54, 1.807) is 0 Å². The maximum Gasteiger partial charge on any atom is 2.00 e. The number of aliphatic carboxylic acids is 2. The van der Waals surface area contributed by atoms with Crippen LogP contribution < -0.4 is 11.5 Å². The first-order valence-electron chi connectivity index (χ1n) is 8.18. The van der Waals surface area contributed by atoms with E-state index in [-0.39, 0.29) is 21.1 Å². The van der Waals surface area contributed by atoms with Gasteiger partial charge in [-0.3, -0.25) is 0 Å². The predicted molar refractivity (Wildman–Crippen MR) is 49.7 cm³/mol. The molecule has 0 saturated heterocycles. The van der Waals surface area contributed by atoms with Crippen molar-refractivity contribution in [2.75, 3.05) is 0 Å². The van der Waals surface area contributed by atoms with E-state index < -0.39 is 49.5 Å². The molecule has 1 fully saturated rings. The van der Waals surface area contributed by atoms with E-state index in [4.69, 9.17) is 45.0 Å². The molecule has 0 aromatic rings. The van der Waals surface area contributed by atoms with Gasteiger partial charge in [0.1, 0.15) is 0 Å². The van der Waals surface area contributed by atoms with Crippen LogP contribution in [0, 0.1) is 0 Å². The summed E-state index contributed by atoms with van der Waals surface area (Å²) >= 11 is 0. The monoisotopic (exact) mass is 409 g/mol. The predicted octanol–water partition coefficient (Wildman–Crippen LogP) is -0.632. The Balaban J connectivity index is 0. The molecule has 90 valence electrons. The Bertz CT molecular complexity index is 424. The maximum absolute atomic E-state index is 9.10. The topological polar surface area (TPSA) is 127 Å². The Kier molecular flexibility index (Phi) is 3.09. The van der Waals surface area contributed by atoms with Gasteiger partial charge in [0, 0.05) is 25.7 Å². The minimum absolute atomic E-state index is 0. The first kappa shape index (κ1) is 5.25. The van der Waals surface area contributed by atoms with Crippen molar-refractivity contribution >= 4 is 11.9 Å². The average molecular weight is 409 g/mol. The summed E-state index contributed by atoms with van der Waals surface area (Å²) in [6, 6.07) is -6.34. The largest absolute Gasteiger partial charge is 2.00 e. The summed E-state index contributed by atoms with van der Waals surface area (Å²) in [5.74, 6) is -3.65. The molecule has 0 bridgehead atoms. The molecule has 1 rings (SSSR count). The number of rotatable bonds is 0. The summed E-state index contributed by atoms with van der Waals surface area (Å²) in [5, 5.41) is 14.8. The van der Waals surface area contributed by atoms with Gasteiger partial charge in [0.15, 0.2) is 0 Å². The van der Waals surface area contributed by atoms with Crippen LogP contribution in [0.3, 0.4) is 0 Å². The van der Waals surface area contributed by atoms with Gasteiger partial charge in [0.2, 0.25) is 0 Å². The molecule has 0 unspecified atom stereocenters. The Labute approximate surface area is 116 Å². The van der Waals surface area contributed by atoms with Gasteiger partial charge in [0.25, 0.3) is 0 Å². The summed E-state index contributed by atoms with van der Waals surface area (Å²) in [5.41, 5.74) is 10.5. The van der Waals surface area contributed by atoms with Crippen LogP contribution in [0.25, 0.3) is 0 Å². The van der Waals surface area contributed by atoms with Crippen molar-refractivity contribution in [3.8, 4) is 0 Å². The van der Waals surface area contributed by atoms with Gasteiger partial charge in [-0.15, -0.1) is 0 Å². The molecule has 15 heavy (non-hydrogen) atoms. The Hall–Kier alpha value is -0.452. The number of carboxylic acid groups (broad SMARTS) is 2. The van der Waals surface area contributed by atoms with E-state index in [9.17, 15) is 0 Å². The second kappa shape index (κ2) is 8.82. The molecular weight excluding hydrogens is 383 g/mol. The quantitative estimate of drug-likeness (QED) is 0.395. The molecule has 0 amide bonds. The Morgan fingerprint density at radius 1 is 1.13 bits per heavy atom. The number of hydrogen-bond acceptors (Lipinski definition) is 4. The molecule has 0 heterocycles. The molecule has 6 N–H and O–H groups in total. The molecular formula is C8H16N2O4Pt+2. The molecule has 0 spiro atoms. The summed E-state index contributed by atoms with van der Waals surface area (Å²) in [7, 11) is 0. The Morgan fingerprint density at radius 2 is 1.40 bits per heavy atom. The van der Waals surface area contributed by atoms with Crippen LogP contribution in [0.15, 0.2) is 0 Å². The standard InChI is InChI=1S/C6H14N2.C2H2O4.Pt/c7-5-3-1-2-4-6(5)8;3-1(4)2(5)6;/h5-6H,1-4,7-8H2;(H,3,4)(H,5,6);/q;;+2/t5-,6-;;/m1../s1/i1D2,2D2,3D2,4D2,5D,6D;;. The molecule has 0 aliphatic heterocycles. The van der Waals surface area contributed by atoms with Gasteiger partial charge >= 0.3 is 33.0 Å². The van der Waals surface area contributed by atoms with Gasteiger partial charge in [0.05, 0.1) is 0 Å². The van der Waals surface area contributed by atoms with Crippen molar-refractivity contribution in [2.45, 2.75) is 37.5 Å². The first-order valence-corrected chi connectivity index (χ1v) is 3.18. The van der Waals surface area contributed by atoms with E-state index in [0.29, 0.717) is 0 Å². The second-order valence-electron chi connectivity index (χ2n) is 1.94. The summed E-state index contributed by atoms with van der Waals surface area (Å²) < 4.78 is 74.9. The summed E-state index contributed by atoms with van der Waals surface area (Å²) in [4.78, 5) is 18.2. The SMILES string of the molecule is O=C(O)C(=O)O.[2H]C1([2H])C([2H])([2H])C([2H])([2H])[C@@]([2H])(N)[C@]([2H])(N)C1([2H])[2H].[Pt+2]. The minimum Gasteiger partial charge on any atom is -0.473 e. The minimum atomic E-state index is -3.43. The van der Waals surface area contributed by atoms with E-state index in [0.717, 1.165) is 0 Å². The maximum atomic E-state index is 9.10. The van der Waals surface area contributed by atoms with Crippen molar-refractivity contribution in [1.29, 1.82) is 0 Å². The number of hydrogen-bond donors (Lipinski definition) is 4. The van der Waals surface area contributed by atoms with Crippen LogP contribution in [0.4, 0.5) is 0 Å². The summed E-state index contributed by atoms with van der Waals surface area (Å²) in [6.45, 7) is 0. The molecule has 7 heteroatoms. The molecule has 0 radical (unpaired) electrons. The molecule has 6 nitrogen and oxygen atoms in total. The molecule has 0 aromatic heterocycles. The van der Waals surface area contributed by atoms with Crippen LogP contribution in [-0.2, 0) is 30.7 Å². The van der Waals surface area contributed by atoms with Crippen molar-refractivity contribution in [1.82, 2.24) is 0 Å². The first-order chi connectivity index (χ1) is 10.1. The third-order valence-electron chi connectivity index (χ3n) is 0.930. The van der Waals surface area contributed by atoms with E-state index in [1.165, 1.54) is 0 Å². The normalized spacial score (nSPS) is 57.2. The number of carboxylic acids is 2. The third kappa shape index (κ3) is 8.54. The fourth-order valence-electron chi connectivity index (χ4n) is 0.332. The van der Waals surface area contributed by atoms with Crippen molar-refractivity contribution < 1.29 is 54.6 Å². The fraction of sp³-hybridized carbons (Fsp3) is 0.750. The summed E-state index contributed by atoms with van der Waals surface area (Å²) in [6.07, 6.45) is -13.6. The average Bonchev–Trinajstić information content (AvgIpc) is 2.36. The van der Waals surface area contributed by atoms with Gasteiger partial charge in [-0.25, -0.2) is 9.59 Å². The Morgan fingerprint density at radius 3 is 1.60 bits per heavy atom. The number of carbonyl (C=O) groups is 2. The van der Waals surface area contributed by atoms with Crippen LogP contribution in [0.2, 0.25) is 0 Å². The van der Waals surface area contributed by atoms with E-state index in [2.05, 4.69) is 0 Å². The van der Waals surface area contributed by atoms with Gasteiger partial charge in [-0.1, -0.05) is 12.7 Å². The van der Waals surface area contributed by atoms with Crippen molar-refractivity contribution in [3.05, 3.63) is 0 Å². The van der Waals surface area contributed by atoms with Crippen LogP contribution in [-0.4, -0.2) is 34.2 Å². The van der Waals surface area contributed by atoms with Gasteiger partial charge in [-0.2, -0.15) is 0 Å². The second-order valence-corrected chi connectivity index (χ2v) is 1.94. The molecule has 1 saturated carbocycles. The van der Waals surface area contributed by atoms with Gasteiger partial charge in [-0.05, 0) is 12.7 Å². The molecule has 2 atom stereocenters. The van der Waals surface area contributed by atoms with Crippen molar-refractivity contribution in [3.63, 3.8) is 0 Å². The van der Waals surface area contributed by atoms with Crippen molar-refractivity contribution in [2.24, 2.45) is 11.5 Å². The molecule has 1 aliphatic carbocycles. The fourth-order valence-corrected chi connectivity index (χ4v) is 0.332. The third-order valence-corrected chi connectivity index (χ3v) is 0.930.